The monoisotopic (exact) mass is 688 g/mol. The Bertz CT molecular complexity index is 1430. The summed E-state index contributed by atoms with van der Waals surface area (Å²) in [7, 11) is -3.68. The van der Waals surface area contributed by atoms with Crippen LogP contribution in [0.2, 0.25) is 0 Å². The Hall–Kier alpha value is -4.63. The molecule has 0 bridgehead atoms. The molecule has 0 spiro atoms. The molecule has 0 unspecified atom stereocenters. The van der Waals surface area contributed by atoms with Gasteiger partial charge in [-0.3, -0.25) is 19.2 Å². The molecule has 50 heavy (non-hydrogen) atoms. The summed E-state index contributed by atoms with van der Waals surface area (Å²) in [6.07, 6.45) is 2.99. The summed E-state index contributed by atoms with van der Waals surface area (Å²) in [6.45, 7) is 7.44. The fourth-order valence-corrected chi connectivity index (χ4v) is 5.33. The van der Waals surface area contributed by atoms with Crippen LogP contribution in [0, 0.1) is 11.8 Å². The van der Waals surface area contributed by atoms with E-state index in [1.165, 1.54) is 12.4 Å². The van der Waals surface area contributed by atoms with Gasteiger partial charge in [0, 0.05) is 25.2 Å². The molecule has 16 heteroatoms. The second-order valence-electron chi connectivity index (χ2n) is 13.0. The molecule has 3 aromatic rings. The zero-order chi connectivity index (χ0) is 36.8. The summed E-state index contributed by atoms with van der Waals surface area (Å²) in [4.78, 5) is 62.5. The van der Waals surface area contributed by atoms with Crippen LogP contribution in [0.1, 0.15) is 72.6 Å². The Morgan fingerprint density at radius 2 is 0.920 bits per heavy atom. The molecule has 0 radical (unpaired) electrons. The highest BCUT2D eigenvalue weighted by Gasteiger charge is 2.33. The van der Waals surface area contributed by atoms with E-state index in [4.69, 9.17) is 0 Å². The van der Waals surface area contributed by atoms with Crippen molar-refractivity contribution in [1.82, 2.24) is 31.2 Å². The van der Waals surface area contributed by atoms with Crippen LogP contribution in [-0.2, 0) is 22.4 Å². The van der Waals surface area contributed by atoms with Gasteiger partial charge in [-0.2, -0.15) is 0 Å². The van der Waals surface area contributed by atoms with Crippen molar-refractivity contribution in [2.75, 3.05) is 0 Å². The molecule has 0 saturated carbocycles. The smallest absolute Gasteiger partial charge is 0.426 e. The van der Waals surface area contributed by atoms with Gasteiger partial charge in [0.2, 0.25) is 11.8 Å². The van der Waals surface area contributed by atoms with Crippen molar-refractivity contribution >= 4 is 37.9 Å². The van der Waals surface area contributed by atoms with E-state index in [9.17, 15) is 39.3 Å². The quantitative estimate of drug-likeness (QED) is 0.0851. The lowest BCUT2D eigenvalue weighted by molar-refractivity contribution is -0.124. The third-order valence-electron chi connectivity index (χ3n) is 7.76. The van der Waals surface area contributed by atoms with E-state index >= 15 is 0 Å². The summed E-state index contributed by atoms with van der Waals surface area (Å²) in [5, 5.41) is 50.0. The summed E-state index contributed by atoms with van der Waals surface area (Å²) < 4.78 is 0. The molecule has 266 valence electrons. The van der Waals surface area contributed by atoms with Crippen molar-refractivity contribution in [2.45, 2.75) is 77.3 Å². The van der Waals surface area contributed by atoms with Crippen LogP contribution in [-0.4, -0.2) is 91.9 Å². The summed E-state index contributed by atoms with van der Waals surface area (Å²) in [6, 6.07) is 15.3. The SMILES string of the molecule is CC(C)C[C@H](NC(=O)[C@H](Cc1ccccc1)NC(=O)c1nccnc1C(=O)N[C@@H](Cc1ccccc1)C(=O)N[C@@H](CC(C)C)B(O)O)B(O)O. The number of nitrogens with zero attached hydrogens (tertiary/aromatic N) is 2. The normalized spacial score (nSPS) is 13.5. The highest BCUT2D eigenvalue weighted by molar-refractivity contribution is 6.44. The van der Waals surface area contributed by atoms with Crippen molar-refractivity contribution in [3.63, 3.8) is 0 Å². The Morgan fingerprint density at radius 1 is 0.580 bits per heavy atom. The minimum atomic E-state index is -1.84. The molecular formula is C34H46B2N6O8. The topological polar surface area (TPSA) is 223 Å². The summed E-state index contributed by atoms with van der Waals surface area (Å²) >= 11 is 0. The van der Waals surface area contributed by atoms with Crippen LogP contribution in [0.4, 0.5) is 0 Å². The van der Waals surface area contributed by atoms with Gasteiger partial charge in [-0.1, -0.05) is 88.4 Å². The van der Waals surface area contributed by atoms with E-state index in [0.717, 1.165) is 0 Å². The van der Waals surface area contributed by atoms with Gasteiger partial charge in [-0.15, -0.1) is 0 Å². The van der Waals surface area contributed by atoms with Crippen molar-refractivity contribution in [2.24, 2.45) is 11.8 Å². The lowest BCUT2D eigenvalue weighted by Crippen LogP contribution is -2.55. The van der Waals surface area contributed by atoms with E-state index < -0.39 is 73.2 Å². The first-order chi connectivity index (χ1) is 23.7. The lowest BCUT2D eigenvalue weighted by atomic mass is 9.75. The van der Waals surface area contributed by atoms with Gasteiger partial charge in [0.05, 0.1) is 11.9 Å². The molecule has 0 aliphatic heterocycles. The number of hydrogen-bond donors (Lipinski definition) is 8. The predicted molar refractivity (Wildman–Crippen MR) is 188 cm³/mol. The molecule has 1 heterocycles. The van der Waals surface area contributed by atoms with E-state index in [-0.39, 0.29) is 37.5 Å². The third-order valence-corrected chi connectivity index (χ3v) is 7.76. The molecule has 0 fully saturated rings. The van der Waals surface area contributed by atoms with Gasteiger partial charge >= 0.3 is 14.2 Å². The number of carbonyl (C=O) groups is 4. The summed E-state index contributed by atoms with van der Waals surface area (Å²) in [5.41, 5.74) is 0.570. The Balaban J connectivity index is 1.89. The number of amides is 4. The van der Waals surface area contributed by atoms with Crippen LogP contribution >= 0.6 is 0 Å². The molecular weight excluding hydrogens is 642 g/mol. The van der Waals surface area contributed by atoms with E-state index in [1.54, 1.807) is 60.7 Å². The Morgan fingerprint density at radius 3 is 1.22 bits per heavy atom. The number of carbonyl (C=O) groups excluding carboxylic acids is 4. The van der Waals surface area contributed by atoms with Crippen molar-refractivity contribution < 1.29 is 39.3 Å². The maximum absolute atomic E-state index is 13.7. The van der Waals surface area contributed by atoms with Gasteiger partial charge in [0.25, 0.3) is 11.8 Å². The maximum Gasteiger partial charge on any atom is 0.475 e. The van der Waals surface area contributed by atoms with E-state index in [0.29, 0.717) is 11.1 Å². The van der Waals surface area contributed by atoms with Crippen LogP contribution in [0.25, 0.3) is 0 Å². The first kappa shape index (κ1) is 39.8. The Labute approximate surface area is 292 Å². The molecule has 4 amide bonds. The highest BCUT2D eigenvalue weighted by atomic mass is 16.4. The molecule has 14 nitrogen and oxygen atoms in total. The maximum atomic E-state index is 13.7. The largest absolute Gasteiger partial charge is 0.475 e. The minimum absolute atomic E-state index is 0.0209. The summed E-state index contributed by atoms with van der Waals surface area (Å²) in [5.74, 6) is -5.15. The number of hydrogen-bond acceptors (Lipinski definition) is 10. The number of aromatic nitrogens is 2. The fraction of sp³-hybridized carbons (Fsp3) is 0.412. The van der Waals surface area contributed by atoms with Gasteiger partial charge in [-0.25, -0.2) is 9.97 Å². The van der Waals surface area contributed by atoms with Gasteiger partial charge in [0.1, 0.15) is 12.1 Å². The zero-order valence-corrected chi connectivity index (χ0v) is 28.7. The fourth-order valence-electron chi connectivity index (χ4n) is 5.33. The lowest BCUT2D eigenvalue weighted by Gasteiger charge is -2.25. The minimum Gasteiger partial charge on any atom is -0.426 e. The molecule has 8 N–H and O–H groups in total. The van der Waals surface area contributed by atoms with Gasteiger partial charge in [-0.05, 0) is 35.8 Å². The first-order valence-electron chi connectivity index (χ1n) is 16.6. The van der Waals surface area contributed by atoms with Crippen LogP contribution < -0.4 is 21.3 Å². The van der Waals surface area contributed by atoms with Crippen LogP contribution in [0.15, 0.2) is 73.1 Å². The molecule has 4 atom stereocenters. The molecule has 3 rings (SSSR count). The standard InChI is InChI=1S/C34H46B2N6O8/c1-21(2)17-27(35(47)48)41-31(43)25(19-23-11-7-5-8-12-23)39-33(45)29-30(38-16-15-37-29)34(46)40-26(20-24-13-9-6-10-14-24)32(44)42-28(36(49)50)18-22(3)4/h5-16,21-22,25-28,47-50H,17-20H2,1-4H3,(H,39,45)(H,40,46)(H,41,43)(H,42,44)/t25-,26-,27-,28-/m0/s1. The van der Waals surface area contributed by atoms with Crippen LogP contribution in [0.3, 0.4) is 0 Å². The van der Waals surface area contributed by atoms with Crippen LogP contribution in [0.5, 0.6) is 0 Å². The second-order valence-corrected chi connectivity index (χ2v) is 13.0. The Kier molecular flexibility index (Phi) is 15.5. The van der Waals surface area contributed by atoms with Gasteiger partial charge < -0.3 is 41.4 Å². The predicted octanol–water partition coefficient (Wildman–Crippen LogP) is 0.245. The zero-order valence-electron chi connectivity index (χ0n) is 28.7. The number of nitrogens with one attached hydrogen (secondary N) is 4. The molecule has 1 aromatic heterocycles. The molecule has 2 aromatic carbocycles. The van der Waals surface area contributed by atoms with E-state index in [2.05, 4.69) is 31.2 Å². The van der Waals surface area contributed by atoms with Crippen molar-refractivity contribution in [3.8, 4) is 0 Å². The molecule has 0 saturated heterocycles. The highest BCUT2D eigenvalue weighted by Crippen LogP contribution is 2.12. The van der Waals surface area contributed by atoms with E-state index in [1.807, 2.05) is 27.7 Å². The van der Waals surface area contributed by atoms with Crippen molar-refractivity contribution in [3.05, 3.63) is 95.6 Å². The van der Waals surface area contributed by atoms with Crippen molar-refractivity contribution in [1.29, 1.82) is 0 Å². The third kappa shape index (κ3) is 12.7. The first-order valence-corrected chi connectivity index (χ1v) is 16.6. The molecule has 0 aliphatic carbocycles. The van der Waals surface area contributed by atoms with Gasteiger partial charge in [0.15, 0.2) is 11.4 Å². The average Bonchev–Trinajstić information content (AvgIpc) is 3.07. The average molecular weight is 688 g/mol. The second kappa shape index (κ2) is 19.5. The molecule has 0 aliphatic rings. The number of benzene rings is 2. The number of rotatable bonds is 18.